The molecule has 1 amide bonds. The third kappa shape index (κ3) is 5.31. The maximum absolute atomic E-state index is 12.5. The molecule has 9 heteroatoms. The van der Waals surface area contributed by atoms with Gasteiger partial charge in [-0.05, 0) is 63.1 Å². The van der Waals surface area contributed by atoms with Crippen LogP contribution in [0.25, 0.3) is 0 Å². The first kappa shape index (κ1) is 23.8. The summed E-state index contributed by atoms with van der Waals surface area (Å²) in [5, 5.41) is 17.0. The molecule has 33 heavy (non-hydrogen) atoms. The van der Waals surface area contributed by atoms with Crippen LogP contribution in [0.2, 0.25) is 0 Å². The fraction of sp³-hybridized carbons (Fsp3) is 0.333. The maximum atomic E-state index is 12.5. The number of nitrogens with zero attached hydrogens (tertiary/aromatic N) is 4. The number of amides is 1. The molecule has 2 heterocycles. The summed E-state index contributed by atoms with van der Waals surface area (Å²) in [5.41, 5.74) is 4.00. The summed E-state index contributed by atoms with van der Waals surface area (Å²) in [6.07, 6.45) is 2.18. The Kier molecular flexibility index (Phi) is 7.32. The monoisotopic (exact) mass is 451 g/mol. The molecule has 0 atom stereocenters. The lowest BCUT2D eigenvalue weighted by Gasteiger charge is -2.20. The predicted molar refractivity (Wildman–Crippen MR) is 126 cm³/mol. The number of pyridine rings is 1. The van der Waals surface area contributed by atoms with Crippen molar-refractivity contribution in [2.24, 2.45) is 0 Å². The largest absolute Gasteiger partial charge is 0.497 e. The average molecular weight is 452 g/mol. The zero-order chi connectivity index (χ0) is 24.1. The number of benzene rings is 1. The van der Waals surface area contributed by atoms with Crippen molar-refractivity contribution in [3.8, 4) is 5.75 Å². The Balaban J connectivity index is 1.75. The lowest BCUT2D eigenvalue weighted by molar-refractivity contribution is 0.0696. The van der Waals surface area contributed by atoms with E-state index in [1.165, 1.54) is 12.3 Å². The molecule has 0 spiro atoms. The van der Waals surface area contributed by atoms with Crippen molar-refractivity contribution in [2.75, 3.05) is 30.9 Å². The Labute approximate surface area is 193 Å². The summed E-state index contributed by atoms with van der Waals surface area (Å²) >= 11 is 0. The number of aryl methyl sites for hydroxylation is 2. The number of nitrogens with one attached hydrogen (secondary N) is 1. The van der Waals surface area contributed by atoms with Gasteiger partial charge in [0.1, 0.15) is 17.1 Å². The number of ether oxygens (including phenoxy) is 1. The molecule has 2 N–H and O–H groups in total. The van der Waals surface area contributed by atoms with Crippen LogP contribution < -0.4 is 15.0 Å². The van der Waals surface area contributed by atoms with E-state index in [4.69, 9.17) is 4.74 Å². The molecule has 2 aromatic heterocycles. The van der Waals surface area contributed by atoms with E-state index in [1.807, 2.05) is 25.5 Å². The third-order valence-corrected chi connectivity index (χ3v) is 5.60. The molecule has 0 unspecified atom stereocenters. The number of carbonyl (C=O) groups excluding carboxylic acids is 1. The lowest BCUT2D eigenvalue weighted by atomic mass is 10.1. The van der Waals surface area contributed by atoms with Gasteiger partial charge in [-0.3, -0.25) is 9.48 Å². The smallest absolute Gasteiger partial charge is 0.339 e. The lowest BCUT2D eigenvalue weighted by Crippen LogP contribution is -2.24. The Morgan fingerprint density at radius 2 is 1.91 bits per heavy atom. The van der Waals surface area contributed by atoms with E-state index >= 15 is 0 Å². The van der Waals surface area contributed by atoms with Crippen molar-refractivity contribution < 1.29 is 19.4 Å². The van der Waals surface area contributed by atoms with Gasteiger partial charge in [0.25, 0.3) is 5.91 Å². The fourth-order valence-corrected chi connectivity index (χ4v) is 3.72. The van der Waals surface area contributed by atoms with Crippen LogP contribution in [0, 0.1) is 13.8 Å². The second-order valence-electron chi connectivity index (χ2n) is 7.72. The van der Waals surface area contributed by atoms with Gasteiger partial charge in [-0.25, -0.2) is 9.78 Å². The van der Waals surface area contributed by atoms with E-state index < -0.39 is 5.97 Å². The highest BCUT2D eigenvalue weighted by Crippen LogP contribution is 2.23. The van der Waals surface area contributed by atoms with Gasteiger partial charge in [0.05, 0.1) is 24.7 Å². The molecule has 3 aromatic rings. The highest BCUT2D eigenvalue weighted by atomic mass is 16.5. The molecule has 0 aliphatic heterocycles. The highest BCUT2D eigenvalue weighted by Gasteiger charge is 2.19. The second-order valence-corrected chi connectivity index (χ2v) is 7.72. The number of anilines is 2. The fourth-order valence-electron chi connectivity index (χ4n) is 3.72. The molecule has 0 radical (unpaired) electrons. The zero-order valence-corrected chi connectivity index (χ0v) is 19.5. The van der Waals surface area contributed by atoms with E-state index in [9.17, 15) is 14.7 Å². The van der Waals surface area contributed by atoms with E-state index in [0.717, 1.165) is 23.5 Å². The molecule has 0 bridgehead atoms. The summed E-state index contributed by atoms with van der Waals surface area (Å²) in [5.74, 6) is -0.504. The molecule has 0 saturated carbocycles. The number of hydrogen-bond donors (Lipinski definition) is 2. The van der Waals surface area contributed by atoms with Crippen LogP contribution in [0.1, 0.15) is 44.6 Å². The topological polar surface area (TPSA) is 110 Å². The first-order valence-electron chi connectivity index (χ1n) is 10.7. The highest BCUT2D eigenvalue weighted by molar-refractivity contribution is 6.05. The average Bonchev–Trinajstić information content (AvgIpc) is 3.09. The van der Waals surface area contributed by atoms with Gasteiger partial charge in [-0.2, -0.15) is 5.10 Å². The van der Waals surface area contributed by atoms with Crippen molar-refractivity contribution in [1.29, 1.82) is 0 Å². The zero-order valence-electron chi connectivity index (χ0n) is 19.5. The van der Waals surface area contributed by atoms with Crippen LogP contribution in [0.15, 0.2) is 36.5 Å². The van der Waals surface area contributed by atoms with E-state index in [1.54, 1.807) is 43.3 Å². The van der Waals surface area contributed by atoms with E-state index in [-0.39, 0.29) is 11.5 Å². The molecule has 1 aromatic carbocycles. The van der Waals surface area contributed by atoms with Crippen molar-refractivity contribution in [3.63, 3.8) is 0 Å². The summed E-state index contributed by atoms with van der Waals surface area (Å²) in [6, 6.07) is 8.05. The van der Waals surface area contributed by atoms with Crippen molar-refractivity contribution in [3.05, 3.63) is 64.6 Å². The molecular weight excluding hydrogens is 422 g/mol. The standard InChI is InChI=1S/C24H29N5O4/c1-6-29-16(3)20(15(2)27-29)11-12-28(4)22-21(24(31)32)13-18(14-25-22)26-23(30)17-7-9-19(33-5)10-8-17/h7-10,13-14H,6,11-12H2,1-5H3,(H,26,30)(H,31,32). The van der Waals surface area contributed by atoms with Gasteiger partial charge in [0.15, 0.2) is 0 Å². The normalized spacial score (nSPS) is 10.7. The van der Waals surface area contributed by atoms with Gasteiger partial charge in [0, 0.05) is 31.4 Å². The second kappa shape index (κ2) is 10.2. The summed E-state index contributed by atoms with van der Waals surface area (Å²) in [4.78, 5) is 30.6. The number of methoxy groups -OCH3 is 1. The minimum Gasteiger partial charge on any atom is -0.497 e. The van der Waals surface area contributed by atoms with Crippen LogP contribution in [-0.2, 0) is 13.0 Å². The Morgan fingerprint density at radius 1 is 1.21 bits per heavy atom. The van der Waals surface area contributed by atoms with Gasteiger partial charge in [-0.1, -0.05) is 0 Å². The van der Waals surface area contributed by atoms with Crippen LogP contribution in [-0.4, -0.2) is 52.4 Å². The van der Waals surface area contributed by atoms with E-state index in [2.05, 4.69) is 15.4 Å². The van der Waals surface area contributed by atoms with Gasteiger partial charge in [0.2, 0.25) is 0 Å². The molecule has 9 nitrogen and oxygen atoms in total. The van der Waals surface area contributed by atoms with Crippen molar-refractivity contribution in [2.45, 2.75) is 33.7 Å². The molecular formula is C24H29N5O4. The molecule has 0 aliphatic rings. The van der Waals surface area contributed by atoms with Crippen LogP contribution in [0.4, 0.5) is 11.5 Å². The number of aromatic carboxylic acids is 1. The van der Waals surface area contributed by atoms with Crippen LogP contribution in [0.5, 0.6) is 5.75 Å². The molecule has 0 fully saturated rings. The number of carboxylic acids is 1. The number of aromatic nitrogens is 3. The van der Waals surface area contributed by atoms with Crippen LogP contribution in [0.3, 0.4) is 0 Å². The number of likely N-dealkylation sites (N-methyl/N-ethyl adjacent to an activating group) is 1. The SMILES string of the molecule is CCn1nc(C)c(CCN(C)c2ncc(NC(=O)c3ccc(OC)cc3)cc2C(=O)O)c1C. The Morgan fingerprint density at radius 3 is 2.48 bits per heavy atom. The number of rotatable bonds is 9. The van der Waals surface area contributed by atoms with Gasteiger partial charge < -0.3 is 20.1 Å². The third-order valence-electron chi connectivity index (χ3n) is 5.60. The Bertz CT molecular complexity index is 1150. The first-order valence-corrected chi connectivity index (χ1v) is 10.7. The van der Waals surface area contributed by atoms with E-state index in [0.29, 0.717) is 35.8 Å². The molecule has 0 aliphatic carbocycles. The number of hydrogen-bond acceptors (Lipinski definition) is 6. The minimum atomic E-state index is -1.11. The molecule has 174 valence electrons. The van der Waals surface area contributed by atoms with Gasteiger partial charge >= 0.3 is 5.97 Å². The van der Waals surface area contributed by atoms with Crippen molar-refractivity contribution >= 4 is 23.4 Å². The van der Waals surface area contributed by atoms with Gasteiger partial charge in [-0.15, -0.1) is 0 Å². The minimum absolute atomic E-state index is 0.0164. The quantitative estimate of drug-likeness (QED) is 0.512. The predicted octanol–water partition coefficient (Wildman–Crippen LogP) is 3.55. The summed E-state index contributed by atoms with van der Waals surface area (Å²) in [6.45, 7) is 7.45. The maximum Gasteiger partial charge on any atom is 0.339 e. The summed E-state index contributed by atoms with van der Waals surface area (Å²) in [7, 11) is 3.35. The van der Waals surface area contributed by atoms with Crippen molar-refractivity contribution in [1.82, 2.24) is 14.8 Å². The number of carboxylic acid groups (broad SMARTS) is 1. The molecule has 0 saturated heterocycles. The first-order chi connectivity index (χ1) is 15.7. The summed E-state index contributed by atoms with van der Waals surface area (Å²) < 4.78 is 7.06. The van der Waals surface area contributed by atoms with Crippen LogP contribution >= 0.6 is 0 Å². The molecule has 3 rings (SSSR count). The number of carbonyl (C=O) groups is 2. The Hall–Kier alpha value is -3.88.